The SMILES string of the molecule is CC(C)(C)OC(=O)NC(CSCc1ccoc1)C(=O)O. The van der Waals surface area contributed by atoms with Crippen molar-refractivity contribution < 1.29 is 23.8 Å². The van der Waals surface area contributed by atoms with Crippen molar-refractivity contribution in [3.05, 3.63) is 24.2 Å². The van der Waals surface area contributed by atoms with Crippen LogP contribution in [-0.4, -0.2) is 34.6 Å². The maximum absolute atomic E-state index is 11.5. The molecule has 0 spiro atoms. The van der Waals surface area contributed by atoms with E-state index in [1.807, 2.05) is 6.07 Å². The van der Waals surface area contributed by atoms with E-state index in [4.69, 9.17) is 14.3 Å². The van der Waals surface area contributed by atoms with Crippen LogP contribution in [0.1, 0.15) is 26.3 Å². The van der Waals surface area contributed by atoms with E-state index in [1.54, 1.807) is 33.3 Å². The molecule has 0 saturated carbocycles. The predicted octanol–water partition coefficient (Wildman–Crippen LogP) is 2.49. The number of thioether (sulfide) groups is 1. The Bertz CT molecular complexity index is 438. The Labute approximate surface area is 121 Å². The summed E-state index contributed by atoms with van der Waals surface area (Å²) in [6, 6.07) is 0.825. The molecule has 1 unspecified atom stereocenters. The Kier molecular flexibility index (Phi) is 5.94. The average Bonchev–Trinajstić information content (AvgIpc) is 2.77. The molecule has 0 saturated heterocycles. The van der Waals surface area contributed by atoms with Gasteiger partial charge in [-0.05, 0) is 26.8 Å². The third-order valence-corrected chi connectivity index (χ3v) is 3.23. The van der Waals surface area contributed by atoms with E-state index in [1.165, 1.54) is 11.8 Å². The summed E-state index contributed by atoms with van der Waals surface area (Å²) in [5.41, 5.74) is 0.313. The van der Waals surface area contributed by atoms with Crippen LogP contribution in [0.3, 0.4) is 0 Å². The van der Waals surface area contributed by atoms with Gasteiger partial charge in [-0.15, -0.1) is 0 Å². The van der Waals surface area contributed by atoms with Crippen LogP contribution < -0.4 is 5.32 Å². The second-order valence-corrected chi connectivity index (χ2v) is 6.21. The van der Waals surface area contributed by atoms with E-state index in [0.717, 1.165) is 5.56 Å². The van der Waals surface area contributed by atoms with Crippen LogP contribution in [0, 0.1) is 0 Å². The Hall–Kier alpha value is -1.63. The normalized spacial score (nSPS) is 12.8. The maximum atomic E-state index is 11.5. The number of carbonyl (C=O) groups is 2. The third kappa shape index (κ3) is 6.51. The molecule has 0 aliphatic rings. The molecular weight excluding hydrogens is 282 g/mol. The van der Waals surface area contributed by atoms with Gasteiger partial charge in [-0.1, -0.05) is 0 Å². The van der Waals surface area contributed by atoms with Gasteiger partial charge < -0.3 is 19.6 Å². The van der Waals surface area contributed by atoms with Crippen LogP contribution in [0.25, 0.3) is 0 Å². The van der Waals surface area contributed by atoms with Crippen molar-refractivity contribution in [2.75, 3.05) is 5.75 Å². The summed E-state index contributed by atoms with van der Waals surface area (Å²) in [4.78, 5) is 22.6. The van der Waals surface area contributed by atoms with E-state index in [2.05, 4.69) is 5.32 Å². The van der Waals surface area contributed by atoms with Crippen LogP contribution in [0.2, 0.25) is 0 Å². The van der Waals surface area contributed by atoms with Crippen molar-refractivity contribution in [2.45, 2.75) is 38.2 Å². The summed E-state index contributed by atoms with van der Waals surface area (Å²) < 4.78 is 9.95. The van der Waals surface area contributed by atoms with Crippen LogP contribution in [0.15, 0.2) is 23.0 Å². The van der Waals surface area contributed by atoms with Crippen molar-refractivity contribution in [1.29, 1.82) is 0 Å². The zero-order chi connectivity index (χ0) is 15.2. The first-order valence-electron chi connectivity index (χ1n) is 6.09. The van der Waals surface area contributed by atoms with Crippen LogP contribution in [-0.2, 0) is 15.3 Å². The lowest BCUT2D eigenvalue weighted by Crippen LogP contribution is -2.44. The van der Waals surface area contributed by atoms with Gasteiger partial charge >= 0.3 is 12.1 Å². The number of ether oxygens (including phenoxy) is 1. The molecule has 1 rings (SSSR count). The monoisotopic (exact) mass is 301 g/mol. The highest BCUT2D eigenvalue weighted by Crippen LogP contribution is 2.14. The number of carboxylic acids is 1. The van der Waals surface area contributed by atoms with Gasteiger partial charge in [-0.25, -0.2) is 9.59 Å². The smallest absolute Gasteiger partial charge is 0.408 e. The molecule has 112 valence electrons. The number of alkyl carbamates (subject to hydrolysis) is 1. The highest BCUT2D eigenvalue weighted by Gasteiger charge is 2.23. The van der Waals surface area contributed by atoms with Gasteiger partial charge in [-0.3, -0.25) is 0 Å². The first-order chi connectivity index (χ1) is 9.28. The zero-order valence-electron chi connectivity index (χ0n) is 11.7. The highest BCUT2D eigenvalue weighted by atomic mass is 32.2. The number of rotatable bonds is 6. The van der Waals surface area contributed by atoms with Crippen molar-refractivity contribution >= 4 is 23.8 Å². The molecule has 0 aliphatic heterocycles. The Morgan fingerprint density at radius 2 is 2.20 bits per heavy atom. The quantitative estimate of drug-likeness (QED) is 0.839. The van der Waals surface area contributed by atoms with E-state index < -0.39 is 23.7 Å². The third-order valence-electron chi connectivity index (χ3n) is 2.12. The summed E-state index contributed by atoms with van der Waals surface area (Å²) in [7, 11) is 0. The lowest BCUT2D eigenvalue weighted by atomic mass is 10.2. The number of carbonyl (C=O) groups excluding carboxylic acids is 1. The minimum absolute atomic E-state index is 0.250. The summed E-state index contributed by atoms with van der Waals surface area (Å²) in [5, 5.41) is 11.4. The van der Waals surface area contributed by atoms with Gasteiger partial charge in [0.15, 0.2) is 0 Å². The summed E-state index contributed by atoms with van der Waals surface area (Å²) in [5.74, 6) is -0.216. The van der Waals surface area contributed by atoms with Crippen LogP contribution >= 0.6 is 11.8 Å². The van der Waals surface area contributed by atoms with Crippen LogP contribution in [0.5, 0.6) is 0 Å². The molecule has 0 aliphatic carbocycles. The van der Waals surface area contributed by atoms with Crippen molar-refractivity contribution in [3.8, 4) is 0 Å². The van der Waals surface area contributed by atoms with Crippen molar-refractivity contribution in [3.63, 3.8) is 0 Å². The number of carboxylic acid groups (broad SMARTS) is 1. The Balaban J connectivity index is 2.40. The molecular formula is C13H19NO5S. The van der Waals surface area contributed by atoms with Gasteiger partial charge in [0.05, 0.1) is 12.5 Å². The minimum atomic E-state index is -1.09. The lowest BCUT2D eigenvalue weighted by Gasteiger charge is -2.21. The van der Waals surface area contributed by atoms with Gasteiger partial charge in [0.2, 0.25) is 0 Å². The zero-order valence-corrected chi connectivity index (χ0v) is 12.5. The van der Waals surface area contributed by atoms with E-state index in [-0.39, 0.29) is 5.75 Å². The first-order valence-corrected chi connectivity index (χ1v) is 7.24. The number of amides is 1. The van der Waals surface area contributed by atoms with Gasteiger partial charge in [0.25, 0.3) is 0 Å². The maximum Gasteiger partial charge on any atom is 0.408 e. The highest BCUT2D eigenvalue weighted by molar-refractivity contribution is 7.98. The van der Waals surface area contributed by atoms with Crippen molar-refractivity contribution in [2.24, 2.45) is 0 Å². The van der Waals surface area contributed by atoms with Crippen LogP contribution in [0.4, 0.5) is 4.79 Å². The molecule has 1 atom stereocenters. The van der Waals surface area contributed by atoms with Gasteiger partial charge in [0.1, 0.15) is 11.6 Å². The van der Waals surface area contributed by atoms with E-state index in [0.29, 0.717) is 5.75 Å². The van der Waals surface area contributed by atoms with E-state index in [9.17, 15) is 9.59 Å². The molecule has 0 radical (unpaired) electrons. The standard InChI is InChI=1S/C13H19NO5S/c1-13(2,3)19-12(17)14-10(11(15)16)8-20-7-9-4-5-18-6-9/h4-6,10H,7-8H2,1-3H3,(H,14,17)(H,15,16). The molecule has 1 aromatic rings. The molecule has 0 bridgehead atoms. The number of hydrogen-bond donors (Lipinski definition) is 2. The molecule has 0 fully saturated rings. The van der Waals surface area contributed by atoms with E-state index >= 15 is 0 Å². The Morgan fingerprint density at radius 3 is 2.70 bits per heavy atom. The topological polar surface area (TPSA) is 88.8 Å². The molecule has 6 nitrogen and oxygen atoms in total. The fourth-order valence-electron chi connectivity index (χ4n) is 1.29. The predicted molar refractivity (Wildman–Crippen MR) is 75.7 cm³/mol. The molecule has 1 aromatic heterocycles. The average molecular weight is 301 g/mol. The van der Waals surface area contributed by atoms with Gasteiger partial charge in [0, 0.05) is 17.1 Å². The fourth-order valence-corrected chi connectivity index (χ4v) is 2.27. The minimum Gasteiger partial charge on any atom is -0.480 e. The second-order valence-electron chi connectivity index (χ2n) is 5.18. The lowest BCUT2D eigenvalue weighted by molar-refractivity contribution is -0.138. The molecule has 20 heavy (non-hydrogen) atoms. The molecule has 1 heterocycles. The van der Waals surface area contributed by atoms with Crippen molar-refractivity contribution in [1.82, 2.24) is 5.32 Å². The van der Waals surface area contributed by atoms with Gasteiger partial charge in [-0.2, -0.15) is 11.8 Å². The fraction of sp³-hybridized carbons (Fsp3) is 0.538. The second kappa shape index (κ2) is 7.23. The summed E-state index contributed by atoms with van der Waals surface area (Å²) in [6.45, 7) is 5.15. The Morgan fingerprint density at radius 1 is 1.50 bits per heavy atom. The molecule has 2 N–H and O–H groups in total. The summed E-state index contributed by atoms with van der Waals surface area (Å²) in [6.07, 6.45) is 2.43. The largest absolute Gasteiger partial charge is 0.480 e. The molecule has 1 amide bonds. The molecule has 0 aromatic carbocycles. The number of aliphatic carboxylic acids is 1. The number of nitrogens with one attached hydrogen (secondary N) is 1. The number of furan rings is 1. The summed E-state index contributed by atoms with van der Waals surface area (Å²) >= 11 is 1.40. The first kappa shape index (κ1) is 16.4. The number of hydrogen-bond acceptors (Lipinski definition) is 5. The molecule has 7 heteroatoms.